The van der Waals surface area contributed by atoms with Gasteiger partial charge in [-0.25, -0.2) is 4.98 Å². The highest BCUT2D eigenvalue weighted by Crippen LogP contribution is 2.22. The van der Waals surface area contributed by atoms with Crippen LogP contribution in [0.5, 0.6) is 0 Å². The topological polar surface area (TPSA) is 50.1 Å². The fourth-order valence-electron chi connectivity index (χ4n) is 3.04. The molecule has 0 spiro atoms. The Kier molecular flexibility index (Phi) is 4.36. The van der Waals surface area contributed by atoms with Crippen molar-refractivity contribution in [2.24, 2.45) is 0 Å². The van der Waals surface area contributed by atoms with E-state index in [1.165, 1.54) is 5.56 Å². The highest BCUT2D eigenvalue weighted by Gasteiger charge is 2.20. The van der Waals surface area contributed by atoms with Crippen molar-refractivity contribution in [2.75, 3.05) is 0 Å². The maximum atomic E-state index is 9.56. The highest BCUT2D eigenvalue weighted by atomic mass is 16.3. The molecular formula is C17H23N3O. The number of hydrogen-bond acceptors (Lipinski definition) is 3. The molecular weight excluding hydrogens is 262 g/mol. The standard InChI is InChI=1S/C17H23N3O/c1-13(19-15-4-8-17(21)9-5-15)14-2-6-16(7-3-14)20-11-10-18-12-20/h2-3,6-7,10-13,15,17,19,21H,4-5,8-9H2,1H3. The van der Waals surface area contributed by atoms with E-state index in [9.17, 15) is 5.11 Å². The monoisotopic (exact) mass is 285 g/mol. The molecule has 1 aliphatic carbocycles. The average Bonchev–Trinajstić information content (AvgIpc) is 3.04. The van der Waals surface area contributed by atoms with Gasteiger partial charge in [-0.2, -0.15) is 0 Å². The number of aliphatic hydroxyl groups excluding tert-OH is 1. The summed E-state index contributed by atoms with van der Waals surface area (Å²) in [5.74, 6) is 0. The molecule has 4 heteroatoms. The summed E-state index contributed by atoms with van der Waals surface area (Å²) < 4.78 is 2.00. The zero-order valence-corrected chi connectivity index (χ0v) is 12.4. The molecule has 1 aromatic heterocycles. The van der Waals surface area contributed by atoms with E-state index in [-0.39, 0.29) is 6.10 Å². The first-order valence-corrected chi connectivity index (χ1v) is 7.75. The fourth-order valence-corrected chi connectivity index (χ4v) is 3.04. The van der Waals surface area contributed by atoms with Gasteiger partial charge in [-0.05, 0) is 50.3 Å². The van der Waals surface area contributed by atoms with Crippen molar-refractivity contribution < 1.29 is 5.11 Å². The Hall–Kier alpha value is -1.65. The summed E-state index contributed by atoms with van der Waals surface area (Å²) >= 11 is 0. The second-order valence-electron chi connectivity index (χ2n) is 5.96. The van der Waals surface area contributed by atoms with Crippen molar-refractivity contribution in [2.45, 2.75) is 50.8 Å². The van der Waals surface area contributed by atoms with E-state index in [0.717, 1.165) is 31.4 Å². The SMILES string of the molecule is CC(NC1CCC(O)CC1)c1ccc(-n2ccnc2)cc1. The maximum Gasteiger partial charge on any atom is 0.0991 e. The van der Waals surface area contributed by atoms with Gasteiger partial charge in [0.05, 0.1) is 12.4 Å². The minimum Gasteiger partial charge on any atom is -0.393 e. The number of aliphatic hydroxyl groups is 1. The minimum atomic E-state index is -0.0900. The Balaban J connectivity index is 1.61. The molecule has 0 radical (unpaired) electrons. The van der Waals surface area contributed by atoms with E-state index < -0.39 is 0 Å². The highest BCUT2D eigenvalue weighted by molar-refractivity contribution is 5.35. The Bertz CT molecular complexity index is 542. The first-order chi connectivity index (χ1) is 10.2. The molecule has 0 saturated heterocycles. The van der Waals surface area contributed by atoms with Crippen molar-refractivity contribution >= 4 is 0 Å². The molecule has 21 heavy (non-hydrogen) atoms. The smallest absolute Gasteiger partial charge is 0.0991 e. The Morgan fingerprint density at radius 2 is 1.90 bits per heavy atom. The third kappa shape index (κ3) is 3.52. The van der Waals surface area contributed by atoms with Crippen LogP contribution in [0, 0.1) is 0 Å². The van der Waals surface area contributed by atoms with E-state index >= 15 is 0 Å². The van der Waals surface area contributed by atoms with Gasteiger partial charge in [0.25, 0.3) is 0 Å². The molecule has 0 bridgehead atoms. The summed E-state index contributed by atoms with van der Waals surface area (Å²) in [4.78, 5) is 4.07. The third-order valence-corrected chi connectivity index (χ3v) is 4.38. The zero-order valence-electron chi connectivity index (χ0n) is 12.4. The zero-order chi connectivity index (χ0) is 14.7. The molecule has 0 amide bonds. The lowest BCUT2D eigenvalue weighted by Gasteiger charge is -2.29. The molecule has 2 aromatic rings. The van der Waals surface area contributed by atoms with Crippen molar-refractivity contribution in [3.63, 3.8) is 0 Å². The second kappa shape index (κ2) is 6.41. The predicted molar refractivity (Wildman–Crippen MR) is 83.4 cm³/mol. The summed E-state index contributed by atoms with van der Waals surface area (Å²) in [6.45, 7) is 2.21. The first kappa shape index (κ1) is 14.3. The third-order valence-electron chi connectivity index (χ3n) is 4.38. The normalized spacial score (nSPS) is 23.9. The largest absolute Gasteiger partial charge is 0.393 e. The number of imidazole rings is 1. The van der Waals surface area contributed by atoms with Gasteiger partial charge in [0, 0.05) is 30.2 Å². The van der Waals surface area contributed by atoms with E-state index in [1.807, 2.05) is 17.1 Å². The van der Waals surface area contributed by atoms with Crippen LogP contribution in [0.15, 0.2) is 43.0 Å². The lowest BCUT2D eigenvalue weighted by molar-refractivity contribution is 0.114. The number of nitrogens with zero attached hydrogens (tertiary/aromatic N) is 2. The lowest BCUT2D eigenvalue weighted by atomic mass is 9.92. The molecule has 1 saturated carbocycles. The van der Waals surface area contributed by atoms with Crippen LogP contribution in [0.4, 0.5) is 0 Å². The summed E-state index contributed by atoms with van der Waals surface area (Å²) in [5, 5.41) is 13.2. The Labute approximate surface area is 125 Å². The number of aromatic nitrogens is 2. The average molecular weight is 285 g/mol. The van der Waals surface area contributed by atoms with Crippen LogP contribution in [0.3, 0.4) is 0 Å². The van der Waals surface area contributed by atoms with Crippen molar-refractivity contribution in [3.05, 3.63) is 48.5 Å². The molecule has 3 rings (SSSR count). The summed E-state index contributed by atoms with van der Waals surface area (Å²) in [6, 6.07) is 9.45. The van der Waals surface area contributed by atoms with Crippen LogP contribution in [0.1, 0.15) is 44.2 Å². The first-order valence-electron chi connectivity index (χ1n) is 7.75. The molecule has 1 heterocycles. The lowest BCUT2D eigenvalue weighted by Crippen LogP contribution is -2.36. The molecule has 1 aromatic carbocycles. The van der Waals surface area contributed by atoms with Gasteiger partial charge < -0.3 is 15.0 Å². The molecule has 112 valence electrons. The van der Waals surface area contributed by atoms with Crippen molar-refractivity contribution in [1.29, 1.82) is 0 Å². The summed E-state index contributed by atoms with van der Waals surface area (Å²) in [6.07, 6.45) is 9.43. The van der Waals surface area contributed by atoms with E-state index in [2.05, 4.69) is 41.5 Å². The van der Waals surface area contributed by atoms with Gasteiger partial charge in [0.2, 0.25) is 0 Å². The van der Waals surface area contributed by atoms with Gasteiger partial charge >= 0.3 is 0 Å². The summed E-state index contributed by atoms with van der Waals surface area (Å²) in [5.41, 5.74) is 2.43. The van der Waals surface area contributed by atoms with Gasteiger partial charge in [0.15, 0.2) is 0 Å². The van der Waals surface area contributed by atoms with Crippen LogP contribution in [0.25, 0.3) is 5.69 Å². The van der Waals surface area contributed by atoms with Gasteiger partial charge in [-0.1, -0.05) is 12.1 Å². The number of nitrogens with one attached hydrogen (secondary N) is 1. The fraction of sp³-hybridized carbons (Fsp3) is 0.471. The van der Waals surface area contributed by atoms with Crippen LogP contribution >= 0.6 is 0 Å². The van der Waals surface area contributed by atoms with E-state index in [4.69, 9.17) is 0 Å². The molecule has 1 atom stereocenters. The van der Waals surface area contributed by atoms with Crippen molar-refractivity contribution in [1.82, 2.24) is 14.9 Å². The molecule has 0 aliphatic heterocycles. The van der Waals surface area contributed by atoms with Gasteiger partial charge in [0.1, 0.15) is 0 Å². The molecule has 2 N–H and O–H groups in total. The predicted octanol–water partition coefficient (Wildman–Crippen LogP) is 2.83. The number of hydrogen-bond donors (Lipinski definition) is 2. The molecule has 1 aliphatic rings. The molecule has 4 nitrogen and oxygen atoms in total. The van der Waals surface area contributed by atoms with Gasteiger partial charge in [-0.15, -0.1) is 0 Å². The van der Waals surface area contributed by atoms with Crippen LogP contribution in [0.2, 0.25) is 0 Å². The van der Waals surface area contributed by atoms with Crippen LogP contribution < -0.4 is 5.32 Å². The Morgan fingerprint density at radius 1 is 1.19 bits per heavy atom. The van der Waals surface area contributed by atoms with Crippen molar-refractivity contribution in [3.8, 4) is 5.69 Å². The second-order valence-corrected chi connectivity index (χ2v) is 5.96. The van der Waals surface area contributed by atoms with Crippen LogP contribution in [-0.4, -0.2) is 26.8 Å². The Morgan fingerprint density at radius 3 is 2.52 bits per heavy atom. The minimum absolute atomic E-state index is 0.0900. The number of benzene rings is 1. The summed E-state index contributed by atoms with van der Waals surface area (Å²) in [7, 11) is 0. The van der Waals surface area contributed by atoms with E-state index in [1.54, 1.807) is 6.20 Å². The number of rotatable bonds is 4. The molecule has 1 fully saturated rings. The quantitative estimate of drug-likeness (QED) is 0.908. The molecule has 1 unspecified atom stereocenters. The van der Waals surface area contributed by atoms with E-state index in [0.29, 0.717) is 12.1 Å². The van der Waals surface area contributed by atoms with Crippen LogP contribution in [-0.2, 0) is 0 Å². The maximum absolute atomic E-state index is 9.56. The van der Waals surface area contributed by atoms with Gasteiger partial charge in [-0.3, -0.25) is 0 Å².